The number of carbonyl (C=O) groups is 1. The topological polar surface area (TPSA) is 105 Å². The Hall–Kier alpha value is -2.52. The van der Waals surface area contributed by atoms with Crippen LogP contribution in [-0.4, -0.2) is 74.5 Å². The van der Waals surface area contributed by atoms with Gasteiger partial charge < -0.3 is 20.1 Å². The van der Waals surface area contributed by atoms with Gasteiger partial charge in [-0.3, -0.25) is 4.79 Å². The molecule has 2 aliphatic heterocycles. The van der Waals surface area contributed by atoms with Gasteiger partial charge in [0.05, 0.1) is 17.4 Å². The minimum absolute atomic E-state index is 0.0554. The summed E-state index contributed by atoms with van der Waals surface area (Å²) >= 11 is 0. The van der Waals surface area contributed by atoms with E-state index in [1.54, 1.807) is 12.1 Å². The van der Waals surface area contributed by atoms with Crippen molar-refractivity contribution in [1.82, 2.24) is 30.4 Å². The molecular formula is C18H24N6O3. The van der Waals surface area contributed by atoms with Crippen LogP contribution in [0.2, 0.25) is 0 Å². The fraction of sp³-hybridized carbons (Fsp3) is 0.556. The third-order valence-corrected chi connectivity index (χ3v) is 5.25. The zero-order chi connectivity index (χ0) is 18.6. The number of likely N-dealkylation sites (tertiary alicyclic amines) is 1. The van der Waals surface area contributed by atoms with E-state index in [-0.39, 0.29) is 23.3 Å². The van der Waals surface area contributed by atoms with E-state index in [1.165, 1.54) is 17.1 Å². The first-order chi connectivity index (χ1) is 13.2. The number of rotatable bonds is 5. The lowest BCUT2D eigenvalue weighted by Gasteiger charge is -2.33. The summed E-state index contributed by atoms with van der Waals surface area (Å²) in [7, 11) is 0. The highest BCUT2D eigenvalue weighted by Gasteiger charge is 2.25. The molecule has 27 heavy (non-hydrogen) atoms. The number of piperidine rings is 1. The van der Waals surface area contributed by atoms with Crippen LogP contribution in [0.3, 0.4) is 0 Å². The standard InChI is InChI=1S/C18H24N6O3/c25-17-4-3-14(24-12-19-21-22-24)10-16(17)18(26)20-13-5-7-23(8-6-13)11-15-2-1-9-27-15/h3-4,10,12-13,15,25H,1-2,5-9,11H2,(H,20,26). The molecule has 9 nitrogen and oxygen atoms in total. The summed E-state index contributed by atoms with van der Waals surface area (Å²) in [4.78, 5) is 15.1. The van der Waals surface area contributed by atoms with E-state index in [4.69, 9.17) is 4.74 Å². The van der Waals surface area contributed by atoms with Crippen molar-refractivity contribution in [3.05, 3.63) is 30.1 Å². The first-order valence-electron chi connectivity index (χ1n) is 9.40. The maximum absolute atomic E-state index is 12.7. The van der Waals surface area contributed by atoms with Crippen LogP contribution in [0.5, 0.6) is 5.75 Å². The molecule has 3 heterocycles. The van der Waals surface area contributed by atoms with Crippen LogP contribution < -0.4 is 5.32 Å². The number of aromatic nitrogens is 4. The summed E-state index contributed by atoms with van der Waals surface area (Å²) in [6.45, 7) is 3.75. The van der Waals surface area contributed by atoms with Crippen molar-refractivity contribution in [3.8, 4) is 11.4 Å². The number of carbonyl (C=O) groups excluding carboxylic acids is 1. The highest BCUT2D eigenvalue weighted by molar-refractivity contribution is 5.97. The van der Waals surface area contributed by atoms with Gasteiger partial charge in [-0.05, 0) is 54.3 Å². The molecule has 2 aliphatic rings. The molecule has 1 aromatic carbocycles. The second-order valence-electron chi connectivity index (χ2n) is 7.14. The van der Waals surface area contributed by atoms with Gasteiger partial charge in [-0.25, -0.2) is 4.68 Å². The van der Waals surface area contributed by atoms with E-state index in [2.05, 4.69) is 25.7 Å². The lowest BCUT2D eigenvalue weighted by Crippen LogP contribution is -2.46. The highest BCUT2D eigenvalue weighted by Crippen LogP contribution is 2.22. The SMILES string of the molecule is O=C(NC1CCN(CC2CCCO2)CC1)c1cc(-n2cnnn2)ccc1O. The number of phenolic OH excluding ortho intramolecular Hbond substituents is 1. The van der Waals surface area contributed by atoms with Crippen molar-refractivity contribution in [2.45, 2.75) is 37.8 Å². The molecule has 9 heteroatoms. The lowest BCUT2D eigenvalue weighted by atomic mass is 10.0. The molecule has 1 aromatic heterocycles. The number of hydrogen-bond acceptors (Lipinski definition) is 7. The number of nitrogens with zero attached hydrogens (tertiary/aromatic N) is 5. The van der Waals surface area contributed by atoms with E-state index >= 15 is 0 Å². The van der Waals surface area contributed by atoms with Crippen LogP contribution in [0.4, 0.5) is 0 Å². The average molecular weight is 372 g/mol. The van der Waals surface area contributed by atoms with Crippen LogP contribution in [-0.2, 0) is 4.74 Å². The van der Waals surface area contributed by atoms with Crippen molar-refractivity contribution in [1.29, 1.82) is 0 Å². The summed E-state index contributed by atoms with van der Waals surface area (Å²) in [6.07, 6.45) is 5.90. The van der Waals surface area contributed by atoms with Crippen molar-refractivity contribution >= 4 is 5.91 Å². The van der Waals surface area contributed by atoms with Crippen molar-refractivity contribution in [3.63, 3.8) is 0 Å². The summed E-state index contributed by atoms with van der Waals surface area (Å²) in [5.74, 6) is -0.333. The van der Waals surface area contributed by atoms with Crippen molar-refractivity contribution in [2.75, 3.05) is 26.2 Å². The van der Waals surface area contributed by atoms with E-state index < -0.39 is 0 Å². The van der Waals surface area contributed by atoms with Gasteiger partial charge in [0, 0.05) is 32.3 Å². The van der Waals surface area contributed by atoms with Crippen molar-refractivity contribution in [2.24, 2.45) is 0 Å². The molecule has 0 bridgehead atoms. The predicted octanol–water partition coefficient (Wildman–Crippen LogP) is 0.741. The number of benzene rings is 1. The zero-order valence-electron chi connectivity index (χ0n) is 15.1. The molecule has 2 aromatic rings. The molecule has 0 spiro atoms. The monoisotopic (exact) mass is 372 g/mol. The van der Waals surface area contributed by atoms with Crippen LogP contribution in [0.25, 0.3) is 5.69 Å². The van der Waals surface area contributed by atoms with Gasteiger partial charge in [-0.15, -0.1) is 5.10 Å². The number of hydrogen-bond donors (Lipinski definition) is 2. The molecule has 2 saturated heterocycles. The Balaban J connectivity index is 1.33. The minimum Gasteiger partial charge on any atom is -0.507 e. The molecule has 2 fully saturated rings. The van der Waals surface area contributed by atoms with E-state index in [0.717, 1.165) is 51.9 Å². The smallest absolute Gasteiger partial charge is 0.255 e. The Bertz CT molecular complexity index is 767. The van der Waals surface area contributed by atoms with Gasteiger partial charge in [0.15, 0.2) is 0 Å². The normalized spacial score (nSPS) is 21.4. The Morgan fingerprint density at radius 2 is 2.15 bits per heavy atom. The van der Waals surface area contributed by atoms with Gasteiger partial charge >= 0.3 is 0 Å². The van der Waals surface area contributed by atoms with Crippen molar-refractivity contribution < 1.29 is 14.6 Å². The summed E-state index contributed by atoms with van der Waals surface area (Å²) < 4.78 is 7.15. The van der Waals surface area contributed by atoms with Gasteiger partial charge in [0.1, 0.15) is 12.1 Å². The molecule has 2 N–H and O–H groups in total. The average Bonchev–Trinajstić information content (AvgIpc) is 3.38. The molecule has 4 rings (SSSR count). The Morgan fingerprint density at radius 1 is 1.30 bits per heavy atom. The largest absolute Gasteiger partial charge is 0.507 e. The fourth-order valence-electron chi connectivity index (χ4n) is 3.73. The van der Waals surface area contributed by atoms with Crippen LogP contribution in [0.1, 0.15) is 36.0 Å². The predicted molar refractivity (Wildman–Crippen MR) is 96.7 cm³/mol. The Morgan fingerprint density at radius 3 is 2.85 bits per heavy atom. The van der Waals surface area contributed by atoms with Gasteiger partial charge in [0.2, 0.25) is 0 Å². The fourth-order valence-corrected chi connectivity index (χ4v) is 3.73. The molecule has 0 saturated carbocycles. The minimum atomic E-state index is -0.278. The maximum Gasteiger partial charge on any atom is 0.255 e. The van der Waals surface area contributed by atoms with Crippen LogP contribution in [0.15, 0.2) is 24.5 Å². The quantitative estimate of drug-likeness (QED) is 0.797. The Kier molecular flexibility index (Phi) is 5.30. The number of aromatic hydroxyl groups is 1. The Labute approximate surface area is 157 Å². The zero-order valence-corrected chi connectivity index (χ0v) is 15.1. The lowest BCUT2D eigenvalue weighted by molar-refractivity contribution is 0.0612. The second-order valence-corrected chi connectivity index (χ2v) is 7.14. The molecule has 1 unspecified atom stereocenters. The summed E-state index contributed by atoms with van der Waals surface area (Å²) in [5, 5.41) is 24.1. The second kappa shape index (κ2) is 8.01. The van der Waals surface area contributed by atoms with E-state index in [1.807, 2.05) is 0 Å². The number of nitrogens with one attached hydrogen (secondary N) is 1. The summed E-state index contributed by atoms with van der Waals surface area (Å²) in [6, 6.07) is 4.84. The molecule has 1 amide bonds. The molecule has 144 valence electrons. The highest BCUT2D eigenvalue weighted by atomic mass is 16.5. The molecule has 1 atom stereocenters. The molecule has 0 aliphatic carbocycles. The molecule has 0 radical (unpaired) electrons. The van der Waals surface area contributed by atoms with Gasteiger partial charge in [-0.2, -0.15) is 0 Å². The van der Waals surface area contributed by atoms with Gasteiger partial charge in [-0.1, -0.05) is 0 Å². The third kappa shape index (κ3) is 4.25. The van der Waals surface area contributed by atoms with Gasteiger partial charge in [0.25, 0.3) is 5.91 Å². The number of ether oxygens (including phenoxy) is 1. The first-order valence-corrected chi connectivity index (χ1v) is 9.40. The molecular weight excluding hydrogens is 348 g/mol. The number of phenols is 1. The number of tetrazole rings is 1. The van der Waals surface area contributed by atoms with E-state index in [0.29, 0.717) is 11.8 Å². The maximum atomic E-state index is 12.7. The number of amides is 1. The third-order valence-electron chi connectivity index (χ3n) is 5.25. The van der Waals surface area contributed by atoms with E-state index in [9.17, 15) is 9.90 Å². The summed E-state index contributed by atoms with van der Waals surface area (Å²) in [5.41, 5.74) is 0.846. The first kappa shape index (κ1) is 17.9. The van der Waals surface area contributed by atoms with Crippen LogP contribution >= 0.6 is 0 Å². The van der Waals surface area contributed by atoms with Crippen LogP contribution in [0, 0.1) is 0 Å².